The topological polar surface area (TPSA) is 86.4 Å². The lowest BCUT2D eigenvalue weighted by molar-refractivity contribution is -0.117. The second kappa shape index (κ2) is 11.2. The quantitative estimate of drug-likeness (QED) is 0.568. The van der Waals surface area contributed by atoms with Crippen LogP contribution in [0.2, 0.25) is 0 Å². The van der Waals surface area contributed by atoms with E-state index in [4.69, 9.17) is 9.47 Å². The number of nitrogens with one attached hydrogen (secondary N) is 2. The van der Waals surface area contributed by atoms with E-state index < -0.39 is 0 Å². The van der Waals surface area contributed by atoms with Crippen molar-refractivity contribution in [2.45, 2.75) is 25.8 Å². The van der Waals surface area contributed by atoms with Crippen molar-refractivity contribution in [1.29, 1.82) is 0 Å². The van der Waals surface area contributed by atoms with E-state index in [1.54, 1.807) is 31.3 Å². The summed E-state index contributed by atoms with van der Waals surface area (Å²) in [6.45, 7) is 9.79. The van der Waals surface area contributed by atoms with Crippen molar-refractivity contribution in [3.05, 3.63) is 18.2 Å². The third-order valence-electron chi connectivity index (χ3n) is 5.99. The van der Waals surface area contributed by atoms with Crippen LogP contribution in [0.15, 0.2) is 18.2 Å². The fourth-order valence-corrected chi connectivity index (χ4v) is 4.12. The fourth-order valence-electron chi connectivity index (χ4n) is 4.12. The van der Waals surface area contributed by atoms with Crippen LogP contribution < -0.4 is 25.0 Å². The largest absolute Gasteiger partial charge is 0.493 e. The summed E-state index contributed by atoms with van der Waals surface area (Å²) in [5.74, 6) is 1.15. The van der Waals surface area contributed by atoms with E-state index in [2.05, 4.69) is 27.4 Å². The van der Waals surface area contributed by atoms with Crippen molar-refractivity contribution in [2.75, 3.05) is 71.5 Å². The molecule has 31 heavy (non-hydrogen) atoms. The second-order valence-electron chi connectivity index (χ2n) is 7.97. The minimum absolute atomic E-state index is 0.0243. The van der Waals surface area contributed by atoms with Gasteiger partial charge in [0.25, 0.3) is 0 Å². The van der Waals surface area contributed by atoms with Gasteiger partial charge in [0, 0.05) is 57.4 Å². The first-order valence-electron chi connectivity index (χ1n) is 11.1. The molecule has 3 amide bonds. The number of anilines is 1. The molecule has 2 saturated heterocycles. The summed E-state index contributed by atoms with van der Waals surface area (Å²) in [4.78, 5) is 31.3. The van der Waals surface area contributed by atoms with Gasteiger partial charge in [0.05, 0.1) is 20.3 Å². The van der Waals surface area contributed by atoms with Crippen molar-refractivity contribution < 1.29 is 19.1 Å². The Balaban J connectivity index is 1.39. The molecule has 9 nitrogen and oxygen atoms in total. The van der Waals surface area contributed by atoms with E-state index in [0.29, 0.717) is 24.6 Å². The maximum absolute atomic E-state index is 12.5. The number of carbonyl (C=O) groups excluding carboxylic acids is 2. The Bertz CT molecular complexity index is 751. The summed E-state index contributed by atoms with van der Waals surface area (Å²) in [5.41, 5.74) is 0.732. The van der Waals surface area contributed by atoms with Crippen molar-refractivity contribution in [3.8, 4) is 11.5 Å². The van der Waals surface area contributed by atoms with Crippen LogP contribution in [0.3, 0.4) is 0 Å². The molecule has 0 aliphatic carbocycles. The van der Waals surface area contributed by atoms with Crippen LogP contribution in [-0.2, 0) is 4.79 Å². The van der Waals surface area contributed by atoms with Gasteiger partial charge >= 0.3 is 6.03 Å². The zero-order chi connectivity index (χ0) is 22.2. The molecule has 0 aromatic heterocycles. The molecule has 0 saturated carbocycles. The van der Waals surface area contributed by atoms with Gasteiger partial charge in [0.2, 0.25) is 5.91 Å². The SMILES string of the molecule is CCN1CCN(CCCNC(=O)NC2CC(=O)N(c3ccc(OC)c(OC)c3)C2)CC1. The van der Waals surface area contributed by atoms with E-state index in [0.717, 1.165) is 51.4 Å². The number of nitrogens with zero attached hydrogens (tertiary/aromatic N) is 3. The molecule has 9 heteroatoms. The smallest absolute Gasteiger partial charge is 0.315 e. The Morgan fingerprint density at radius 1 is 1.10 bits per heavy atom. The Kier molecular flexibility index (Phi) is 8.36. The van der Waals surface area contributed by atoms with Crippen LogP contribution in [-0.4, -0.2) is 94.4 Å². The average Bonchev–Trinajstić information content (AvgIpc) is 3.16. The van der Waals surface area contributed by atoms with Crippen molar-refractivity contribution >= 4 is 17.6 Å². The summed E-state index contributed by atoms with van der Waals surface area (Å²) in [7, 11) is 3.14. The molecule has 0 spiro atoms. The summed E-state index contributed by atoms with van der Waals surface area (Å²) in [6.07, 6.45) is 1.20. The molecular weight excluding hydrogens is 398 g/mol. The van der Waals surface area contributed by atoms with Crippen LogP contribution in [0, 0.1) is 0 Å². The molecule has 2 fully saturated rings. The number of hydrogen-bond acceptors (Lipinski definition) is 6. The highest BCUT2D eigenvalue weighted by molar-refractivity contribution is 5.97. The molecule has 1 aromatic carbocycles. The molecule has 1 aromatic rings. The normalized spacial score (nSPS) is 20.0. The maximum Gasteiger partial charge on any atom is 0.315 e. The van der Waals surface area contributed by atoms with Gasteiger partial charge in [0.1, 0.15) is 0 Å². The average molecular weight is 434 g/mol. The molecule has 2 aliphatic heterocycles. The highest BCUT2D eigenvalue weighted by atomic mass is 16.5. The molecule has 0 bridgehead atoms. The van der Waals surface area contributed by atoms with E-state index in [1.165, 1.54) is 0 Å². The van der Waals surface area contributed by atoms with Crippen molar-refractivity contribution in [3.63, 3.8) is 0 Å². The predicted octanol–water partition coefficient (Wildman–Crippen LogP) is 1.14. The summed E-state index contributed by atoms with van der Waals surface area (Å²) in [6, 6.07) is 4.93. The van der Waals surface area contributed by atoms with Crippen molar-refractivity contribution in [2.24, 2.45) is 0 Å². The number of urea groups is 1. The van der Waals surface area contributed by atoms with Gasteiger partial charge in [-0.25, -0.2) is 4.79 Å². The number of methoxy groups -OCH3 is 2. The number of piperazine rings is 1. The lowest BCUT2D eigenvalue weighted by atomic mass is 10.2. The van der Waals surface area contributed by atoms with E-state index >= 15 is 0 Å². The third-order valence-corrected chi connectivity index (χ3v) is 5.99. The number of hydrogen-bond donors (Lipinski definition) is 2. The van der Waals surface area contributed by atoms with Crippen molar-refractivity contribution in [1.82, 2.24) is 20.4 Å². The summed E-state index contributed by atoms with van der Waals surface area (Å²) < 4.78 is 10.6. The first-order chi connectivity index (χ1) is 15.0. The summed E-state index contributed by atoms with van der Waals surface area (Å²) >= 11 is 0. The highest BCUT2D eigenvalue weighted by Crippen LogP contribution is 2.33. The number of likely N-dealkylation sites (N-methyl/N-ethyl adjacent to an activating group) is 1. The standard InChI is InChI=1S/C22H35N5O4/c1-4-25-10-12-26(13-11-25)9-5-8-23-22(29)24-17-14-21(28)27(16-17)18-6-7-19(30-2)20(15-18)31-3/h6-7,15,17H,4-5,8-14,16H2,1-3H3,(H2,23,24,29). The van der Waals surface area contributed by atoms with Gasteiger partial charge in [0.15, 0.2) is 11.5 Å². The predicted molar refractivity (Wildman–Crippen MR) is 120 cm³/mol. The van der Waals surface area contributed by atoms with Gasteiger partial charge in [-0.05, 0) is 31.6 Å². The lowest BCUT2D eigenvalue weighted by Gasteiger charge is -2.33. The molecule has 172 valence electrons. The number of rotatable bonds is 9. The molecule has 2 heterocycles. The maximum atomic E-state index is 12.5. The Hall–Kier alpha value is -2.52. The zero-order valence-electron chi connectivity index (χ0n) is 18.9. The lowest BCUT2D eigenvalue weighted by Crippen LogP contribution is -2.47. The Morgan fingerprint density at radius 3 is 2.48 bits per heavy atom. The number of benzene rings is 1. The summed E-state index contributed by atoms with van der Waals surface area (Å²) in [5, 5.41) is 5.84. The fraction of sp³-hybridized carbons (Fsp3) is 0.636. The molecule has 3 rings (SSSR count). The van der Waals surface area contributed by atoms with E-state index in [1.807, 2.05) is 6.07 Å². The van der Waals surface area contributed by atoms with Gasteiger partial charge in [-0.3, -0.25) is 4.79 Å². The molecule has 1 unspecified atom stereocenters. The second-order valence-corrected chi connectivity index (χ2v) is 7.97. The minimum atomic E-state index is -0.220. The number of ether oxygens (including phenoxy) is 2. The molecule has 2 aliphatic rings. The van der Waals surface area contributed by atoms with E-state index in [-0.39, 0.29) is 24.4 Å². The highest BCUT2D eigenvalue weighted by Gasteiger charge is 2.32. The Morgan fingerprint density at radius 2 is 1.81 bits per heavy atom. The van der Waals surface area contributed by atoms with Gasteiger partial charge in [-0.2, -0.15) is 0 Å². The van der Waals surface area contributed by atoms with Crippen LogP contribution in [0.1, 0.15) is 19.8 Å². The zero-order valence-corrected chi connectivity index (χ0v) is 18.9. The molecule has 1 atom stereocenters. The number of carbonyl (C=O) groups is 2. The molecular formula is C22H35N5O4. The van der Waals surface area contributed by atoms with Gasteiger partial charge < -0.3 is 34.8 Å². The minimum Gasteiger partial charge on any atom is -0.493 e. The monoisotopic (exact) mass is 433 g/mol. The van der Waals surface area contributed by atoms with Crippen LogP contribution in [0.5, 0.6) is 11.5 Å². The third kappa shape index (κ3) is 6.24. The Labute approximate surface area is 184 Å². The first kappa shape index (κ1) is 23.1. The van der Waals surface area contributed by atoms with Crippen LogP contribution in [0.25, 0.3) is 0 Å². The van der Waals surface area contributed by atoms with E-state index in [9.17, 15) is 9.59 Å². The first-order valence-corrected chi connectivity index (χ1v) is 11.1. The van der Waals surface area contributed by atoms with Gasteiger partial charge in [-0.1, -0.05) is 6.92 Å². The van der Waals surface area contributed by atoms with Crippen LogP contribution in [0.4, 0.5) is 10.5 Å². The van der Waals surface area contributed by atoms with Crippen LogP contribution >= 0.6 is 0 Å². The molecule has 0 radical (unpaired) electrons. The van der Waals surface area contributed by atoms with Gasteiger partial charge in [-0.15, -0.1) is 0 Å². The number of amides is 3. The molecule has 2 N–H and O–H groups in total.